The van der Waals surface area contributed by atoms with Gasteiger partial charge in [-0.3, -0.25) is 9.99 Å². The lowest BCUT2D eigenvalue weighted by atomic mass is 9.68. The number of likely N-dealkylation sites (N-methyl/N-ethyl adjacent to an activating group) is 1. The minimum atomic E-state index is -0.389. The van der Waals surface area contributed by atoms with E-state index in [4.69, 9.17) is 27.0 Å². The Hall–Kier alpha value is -2.05. The van der Waals surface area contributed by atoms with Gasteiger partial charge in [0.2, 0.25) is 0 Å². The molecule has 1 saturated heterocycles. The fraction of sp³-hybridized carbons (Fsp3) is 0.522. The summed E-state index contributed by atoms with van der Waals surface area (Å²) in [6, 6.07) is 10.9. The fourth-order valence-corrected chi connectivity index (χ4v) is 5.19. The van der Waals surface area contributed by atoms with Gasteiger partial charge in [-0.25, -0.2) is 0 Å². The highest BCUT2D eigenvalue weighted by molar-refractivity contribution is 7.80. The predicted octanol–water partition coefficient (Wildman–Crippen LogP) is 4.06. The van der Waals surface area contributed by atoms with E-state index in [1.165, 1.54) is 5.71 Å². The van der Waals surface area contributed by atoms with E-state index in [0.29, 0.717) is 6.04 Å². The van der Waals surface area contributed by atoms with E-state index < -0.39 is 0 Å². The van der Waals surface area contributed by atoms with Gasteiger partial charge in [0.05, 0.1) is 34.3 Å². The highest BCUT2D eigenvalue weighted by atomic mass is 32.1. The molecule has 2 aromatic rings. The Balaban J connectivity index is 1.81. The van der Waals surface area contributed by atoms with Crippen LogP contribution in [0.1, 0.15) is 44.1 Å². The van der Waals surface area contributed by atoms with Crippen molar-refractivity contribution in [2.24, 2.45) is 5.10 Å². The monoisotopic (exact) mass is 410 g/mol. The number of pyridine rings is 1. The molecule has 4 rings (SSSR count). The Morgan fingerprint density at radius 1 is 1.34 bits per heavy atom. The van der Waals surface area contributed by atoms with Crippen LogP contribution in [-0.4, -0.2) is 54.0 Å². The van der Waals surface area contributed by atoms with Gasteiger partial charge in [-0.05, 0) is 49.8 Å². The van der Waals surface area contributed by atoms with Crippen molar-refractivity contribution in [3.63, 3.8) is 0 Å². The number of benzene rings is 1. The van der Waals surface area contributed by atoms with E-state index in [-0.39, 0.29) is 5.41 Å². The maximum atomic E-state index is 5.93. The molecule has 2 fully saturated rings. The molecule has 1 aromatic carbocycles. The van der Waals surface area contributed by atoms with Crippen LogP contribution in [-0.2, 0) is 10.2 Å². The molecule has 1 aromatic heterocycles. The number of thiocarbonyl (C=S) groups is 1. The largest absolute Gasteiger partial charge is 0.382 e. The van der Waals surface area contributed by atoms with Crippen LogP contribution < -0.4 is 5.32 Å². The molecular formula is C23H30N4OS. The van der Waals surface area contributed by atoms with Crippen molar-refractivity contribution in [3.05, 3.63) is 42.1 Å². The molecule has 5 nitrogen and oxygen atoms in total. The Kier molecular flexibility index (Phi) is 6.11. The summed E-state index contributed by atoms with van der Waals surface area (Å²) in [5.41, 5.74) is 2.94. The Bertz CT molecular complexity index is 915. The van der Waals surface area contributed by atoms with Gasteiger partial charge in [0, 0.05) is 32.3 Å². The van der Waals surface area contributed by atoms with Gasteiger partial charge in [-0.15, -0.1) is 0 Å². The minimum Gasteiger partial charge on any atom is -0.382 e. The zero-order valence-electron chi connectivity index (χ0n) is 17.4. The highest BCUT2D eigenvalue weighted by Crippen LogP contribution is 2.40. The summed E-state index contributed by atoms with van der Waals surface area (Å²) < 4.78 is 5.44. The van der Waals surface area contributed by atoms with Crippen molar-refractivity contribution < 1.29 is 4.74 Å². The van der Waals surface area contributed by atoms with Gasteiger partial charge in [0.1, 0.15) is 0 Å². The molecule has 154 valence electrons. The normalized spacial score (nSPS) is 26.2. The zero-order chi connectivity index (χ0) is 20.3. The number of hydrazone groups is 1. The van der Waals surface area contributed by atoms with Gasteiger partial charge < -0.3 is 10.1 Å². The lowest BCUT2D eigenvalue weighted by molar-refractivity contribution is 0.117. The first kappa shape index (κ1) is 20.2. The third-order valence-electron chi connectivity index (χ3n) is 6.36. The zero-order valence-corrected chi connectivity index (χ0v) is 18.2. The number of fused-ring (bicyclic) bond motifs is 1. The third-order valence-corrected chi connectivity index (χ3v) is 6.91. The maximum Gasteiger partial charge on any atom is 0.0916 e. The molecular weight excluding hydrogens is 380 g/mol. The van der Waals surface area contributed by atoms with E-state index in [9.17, 15) is 0 Å². The molecule has 1 saturated carbocycles. The summed E-state index contributed by atoms with van der Waals surface area (Å²) in [4.78, 5) is 5.60. The first-order valence-corrected chi connectivity index (χ1v) is 11.0. The topological polar surface area (TPSA) is 49.8 Å². The first-order valence-electron chi connectivity index (χ1n) is 10.6. The van der Waals surface area contributed by atoms with Crippen molar-refractivity contribution >= 4 is 33.8 Å². The minimum absolute atomic E-state index is 0.352. The first-order chi connectivity index (χ1) is 14.2. The Morgan fingerprint density at radius 3 is 3.03 bits per heavy atom. The van der Waals surface area contributed by atoms with Crippen molar-refractivity contribution in [3.8, 4) is 0 Å². The number of hydrogen-bond acceptors (Lipinski definition) is 5. The summed E-state index contributed by atoms with van der Waals surface area (Å²) in [6.45, 7) is 1.70. The second kappa shape index (κ2) is 8.76. The smallest absolute Gasteiger partial charge is 0.0916 e. The molecule has 1 aliphatic heterocycles. The van der Waals surface area contributed by atoms with E-state index in [0.717, 1.165) is 73.1 Å². The molecule has 0 radical (unpaired) electrons. The van der Waals surface area contributed by atoms with E-state index in [1.807, 2.05) is 19.3 Å². The quantitative estimate of drug-likeness (QED) is 0.754. The van der Waals surface area contributed by atoms with Crippen LogP contribution >= 0.6 is 12.2 Å². The molecule has 0 amide bonds. The molecule has 1 N–H and O–H groups in total. The second-order valence-electron chi connectivity index (χ2n) is 8.07. The summed E-state index contributed by atoms with van der Waals surface area (Å²) in [5, 5.41) is 11.9. The van der Waals surface area contributed by atoms with Crippen LogP contribution in [0.4, 0.5) is 0 Å². The molecule has 2 unspecified atom stereocenters. The van der Waals surface area contributed by atoms with Gasteiger partial charge in [-0.1, -0.05) is 36.8 Å². The number of ether oxygens (including phenoxy) is 1. The van der Waals surface area contributed by atoms with Crippen LogP contribution in [0, 0.1) is 0 Å². The lowest BCUT2D eigenvalue weighted by Crippen LogP contribution is -2.51. The molecule has 2 aliphatic rings. The molecule has 2 heterocycles. The average Bonchev–Trinajstić information content (AvgIpc) is 3.20. The van der Waals surface area contributed by atoms with Crippen molar-refractivity contribution in [2.75, 3.05) is 27.3 Å². The Morgan fingerprint density at radius 2 is 2.21 bits per heavy atom. The number of rotatable bonds is 5. The molecule has 0 spiro atoms. The Labute approximate surface area is 178 Å². The number of methoxy groups -OCH3 is 1. The van der Waals surface area contributed by atoms with E-state index in [1.54, 1.807) is 7.11 Å². The van der Waals surface area contributed by atoms with Crippen LogP contribution in [0.25, 0.3) is 10.9 Å². The molecule has 29 heavy (non-hydrogen) atoms. The number of nitrogens with zero attached hydrogens (tertiary/aromatic N) is 3. The summed E-state index contributed by atoms with van der Waals surface area (Å²) in [6.07, 6.45) is 8.51. The van der Waals surface area contributed by atoms with E-state index >= 15 is 0 Å². The van der Waals surface area contributed by atoms with Crippen LogP contribution in [0.15, 0.2) is 41.6 Å². The standard InChI is InChI=1S/C23H30N4OS/c1-24-22(29)23(18-14-17-8-3-4-10-20(17)25-15-18)12-6-5-11-21(23)26-27-13-7-9-19(27)16-28-2/h3-4,8,10,14-15,19H,5-7,9,11-13,16H2,1-2H3,(H,24,29). The van der Waals surface area contributed by atoms with Gasteiger partial charge in [0.25, 0.3) is 0 Å². The predicted molar refractivity (Wildman–Crippen MR) is 123 cm³/mol. The molecule has 1 aliphatic carbocycles. The van der Waals surface area contributed by atoms with Gasteiger partial charge in [0.15, 0.2) is 0 Å². The van der Waals surface area contributed by atoms with E-state index in [2.05, 4.69) is 34.6 Å². The molecule has 0 bridgehead atoms. The fourth-order valence-electron chi connectivity index (χ4n) is 4.85. The number of para-hydroxylation sites is 1. The summed E-state index contributed by atoms with van der Waals surface area (Å²) in [7, 11) is 3.69. The lowest BCUT2D eigenvalue weighted by Gasteiger charge is -2.40. The molecule has 6 heteroatoms. The number of aromatic nitrogens is 1. The van der Waals surface area contributed by atoms with Crippen LogP contribution in [0.5, 0.6) is 0 Å². The van der Waals surface area contributed by atoms with Gasteiger partial charge >= 0.3 is 0 Å². The summed E-state index contributed by atoms with van der Waals surface area (Å²) in [5.74, 6) is 0. The van der Waals surface area contributed by atoms with Crippen molar-refractivity contribution in [2.45, 2.75) is 50.0 Å². The molecule has 2 atom stereocenters. The van der Waals surface area contributed by atoms with Crippen LogP contribution in [0.2, 0.25) is 0 Å². The number of hydrogen-bond donors (Lipinski definition) is 1. The maximum absolute atomic E-state index is 5.93. The van der Waals surface area contributed by atoms with Crippen LogP contribution in [0.3, 0.4) is 0 Å². The van der Waals surface area contributed by atoms with Crippen molar-refractivity contribution in [1.82, 2.24) is 15.3 Å². The SMILES string of the molecule is CNC(=S)C1(c2cnc3ccccc3c2)CCCCC1=NN1CCCC1COC. The second-order valence-corrected chi connectivity index (χ2v) is 8.48. The third kappa shape index (κ3) is 3.76. The van der Waals surface area contributed by atoms with Gasteiger partial charge in [-0.2, -0.15) is 5.10 Å². The average molecular weight is 411 g/mol. The summed E-state index contributed by atoms with van der Waals surface area (Å²) >= 11 is 5.93. The van der Waals surface area contributed by atoms with Crippen molar-refractivity contribution in [1.29, 1.82) is 0 Å². The highest BCUT2D eigenvalue weighted by Gasteiger charge is 2.44. The number of nitrogens with one attached hydrogen (secondary N) is 1.